The van der Waals surface area contributed by atoms with Crippen LogP contribution in [0.3, 0.4) is 0 Å². The molecule has 0 fully saturated rings. The number of anilines is 4. The molecule has 0 atom stereocenters. The second-order valence-electron chi connectivity index (χ2n) is 5.30. The van der Waals surface area contributed by atoms with Crippen LogP contribution in [-0.4, -0.2) is 23.1 Å². The second-order valence-corrected chi connectivity index (χ2v) is 5.71. The summed E-state index contributed by atoms with van der Waals surface area (Å²) >= 11 is 6.14. The van der Waals surface area contributed by atoms with Gasteiger partial charge in [0.2, 0.25) is 0 Å². The lowest BCUT2D eigenvalue weighted by Gasteiger charge is -2.23. The van der Waals surface area contributed by atoms with Crippen molar-refractivity contribution in [1.82, 2.24) is 9.97 Å². The molecule has 0 aliphatic carbocycles. The smallest absolute Gasteiger partial charge is 0.159 e. The summed E-state index contributed by atoms with van der Waals surface area (Å²) in [5.41, 5.74) is 8.27. The van der Waals surface area contributed by atoms with Crippen LogP contribution in [0.25, 0.3) is 0 Å². The Kier molecular flexibility index (Phi) is 6.39. The summed E-state index contributed by atoms with van der Waals surface area (Å²) in [5.74, 6) is 0.956. The van der Waals surface area contributed by atoms with E-state index in [0.29, 0.717) is 48.3 Å². The number of nitrogens with zero attached hydrogens (tertiary/aromatic N) is 5. The lowest BCUT2D eigenvalue weighted by molar-refractivity contribution is 0.782. The van der Waals surface area contributed by atoms with Crippen molar-refractivity contribution in [2.24, 2.45) is 0 Å². The van der Waals surface area contributed by atoms with E-state index in [-0.39, 0.29) is 0 Å². The summed E-state index contributed by atoms with van der Waals surface area (Å²) < 4.78 is 0. The first-order valence-corrected chi connectivity index (χ1v) is 8.07. The highest BCUT2D eigenvalue weighted by Gasteiger charge is 2.16. The van der Waals surface area contributed by atoms with Crippen molar-refractivity contribution < 1.29 is 0 Å². The molecule has 25 heavy (non-hydrogen) atoms. The lowest BCUT2D eigenvalue weighted by atomic mass is 10.2. The lowest BCUT2D eigenvalue weighted by Crippen LogP contribution is -2.27. The number of nitrogen functional groups attached to an aromatic ring is 1. The van der Waals surface area contributed by atoms with Crippen molar-refractivity contribution in [3.63, 3.8) is 0 Å². The van der Waals surface area contributed by atoms with E-state index in [1.807, 2.05) is 30.0 Å². The van der Waals surface area contributed by atoms with Crippen molar-refractivity contribution in [1.29, 1.82) is 10.5 Å². The van der Waals surface area contributed by atoms with E-state index in [9.17, 15) is 0 Å². The van der Waals surface area contributed by atoms with Crippen molar-refractivity contribution in [3.05, 3.63) is 35.1 Å². The largest absolute Gasteiger partial charge is 0.393 e. The van der Waals surface area contributed by atoms with E-state index in [0.717, 1.165) is 11.3 Å². The highest BCUT2D eigenvalue weighted by molar-refractivity contribution is 6.31. The summed E-state index contributed by atoms with van der Waals surface area (Å²) in [6.07, 6.45) is 2.02. The molecule has 0 aliphatic heterocycles. The molecule has 0 saturated heterocycles. The average molecular weight is 356 g/mol. The van der Waals surface area contributed by atoms with E-state index < -0.39 is 0 Å². The first-order chi connectivity index (χ1) is 12.1. The molecule has 0 amide bonds. The van der Waals surface area contributed by atoms with Crippen LogP contribution in [-0.2, 0) is 0 Å². The maximum absolute atomic E-state index is 8.83. The molecule has 0 spiro atoms. The minimum atomic E-state index is 0.311. The summed E-state index contributed by atoms with van der Waals surface area (Å²) in [6.45, 7) is 2.78. The number of nitrogens with two attached hydrogens (primary N) is 1. The second kappa shape index (κ2) is 8.72. The van der Waals surface area contributed by atoms with Gasteiger partial charge in [0, 0.05) is 23.8 Å². The number of nitrogens with one attached hydrogen (secondary N) is 1. The fourth-order valence-electron chi connectivity index (χ4n) is 2.30. The average Bonchev–Trinajstić information content (AvgIpc) is 2.61. The molecule has 0 unspecified atom stereocenters. The summed E-state index contributed by atoms with van der Waals surface area (Å²) in [5, 5.41) is 21.5. The van der Waals surface area contributed by atoms with Crippen LogP contribution in [0.15, 0.2) is 24.5 Å². The van der Waals surface area contributed by atoms with E-state index in [4.69, 9.17) is 27.9 Å². The van der Waals surface area contributed by atoms with E-state index >= 15 is 0 Å². The van der Waals surface area contributed by atoms with Crippen LogP contribution in [0, 0.1) is 29.6 Å². The van der Waals surface area contributed by atoms with Crippen LogP contribution in [0.2, 0.25) is 5.02 Å². The zero-order valence-corrected chi connectivity index (χ0v) is 14.6. The minimum Gasteiger partial charge on any atom is -0.393 e. The van der Waals surface area contributed by atoms with E-state index in [2.05, 4.69) is 27.4 Å². The maximum atomic E-state index is 8.83. The Morgan fingerprint density at radius 1 is 1.20 bits per heavy atom. The minimum absolute atomic E-state index is 0.311. The Morgan fingerprint density at radius 3 is 2.52 bits per heavy atom. The normalized spacial score (nSPS) is 9.92. The van der Waals surface area contributed by atoms with Crippen molar-refractivity contribution in [3.8, 4) is 12.1 Å². The van der Waals surface area contributed by atoms with Gasteiger partial charge in [0.15, 0.2) is 11.6 Å². The molecule has 2 aromatic rings. The number of nitriles is 2. The number of hydrogen-bond acceptors (Lipinski definition) is 7. The molecule has 3 N–H and O–H groups in total. The molecule has 0 radical (unpaired) electrons. The molecule has 7 nitrogen and oxygen atoms in total. The van der Waals surface area contributed by atoms with Gasteiger partial charge in [0.25, 0.3) is 0 Å². The number of halogens is 1. The SMILES string of the molecule is Cc1c(Cl)cccc1Nc1ncnc(N(CCC#N)CCC#N)c1N. The Hall–Kier alpha value is -3.03. The van der Waals surface area contributed by atoms with Gasteiger partial charge in [-0.25, -0.2) is 9.97 Å². The molecule has 2 rings (SSSR count). The predicted octanol–water partition coefficient (Wildman–Crippen LogP) is 3.40. The molecular weight excluding hydrogens is 338 g/mol. The van der Waals surface area contributed by atoms with E-state index in [1.54, 1.807) is 0 Å². The molecule has 0 bridgehead atoms. The Morgan fingerprint density at radius 2 is 1.88 bits per heavy atom. The van der Waals surface area contributed by atoms with Gasteiger partial charge in [0.1, 0.15) is 12.0 Å². The summed E-state index contributed by atoms with van der Waals surface area (Å²) in [6, 6.07) is 9.71. The number of rotatable bonds is 7. The highest BCUT2D eigenvalue weighted by atomic mass is 35.5. The van der Waals surface area contributed by atoms with Gasteiger partial charge in [-0.3, -0.25) is 0 Å². The van der Waals surface area contributed by atoms with E-state index in [1.165, 1.54) is 6.33 Å². The monoisotopic (exact) mass is 355 g/mol. The first-order valence-electron chi connectivity index (χ1n) is 7.70. The molecule has 0 saturated carbocycles. The predicted molar refractivity (Wildman–Crippen MR) is 98.6 cm³/mol. The first kappa shape index (κ1) is 18.3. The molecule has 128 valence electrons. The fourth-order valence-corrected chi connectivity index (χ4v) is 2.48. The van der Waals surface area contributed by atoms with Gasteiger partial charge in [-0.2, -0.15) is 10.5 Å². The van der Waals surface area contributed by atoms with Gasteiger partial charge in [0.05, 0.1) is 25.0 Å². The number of benzene rings is 1. The third kappa shape index (κ3) is 4.50. The van der Waals surface area contributed by atoms with Crippen molar-refractivity contribution >= 4 is 34.6 Å². The zero-order chi connectivity index (χ0) is 18.2. The van der Waals surface area contributed by atoms with Gasteiger partial charge >= 0.3 is 0 Å². The molecule has 1 aromatic heterocycles. The molecular formula is C17H18ClN7. The molecule has 1 aromatic carbocycles. The highest BCUT2D eigenvalue weighted by Crippen LogP contribution is 2.31. The van der Waals surface area contributed by atoms with Crippen molar-refractivity contribution in [2.45, 2.75) is 19.8 Å². The summed E-state index contributed by atoms with van der Waals surface area (Å²) in [7, 11) is 0. The number of aromatic nitrogens is 2. The topological polar surface area (TPSA) is 115 Å². The molecule has 8 heteroatoms. The van der Waals surface area contributed by atoms with Gasteiger partial charge in [-0.05, 0) is 24.6 Å². The standard InChI is InChI=1S/C17H18ClN7/c1-12-13(18)5-2-6-14(12)24-16-15(21)17(23-11-22-16)25(9-3-7-19)10-4-8-20/h2,5-6,11H,3-4,9-10,21H2,1H3,(H,22,23,24). The van der Waals surface area contributed by atoms with Gasteiger partial charge < -0.3 is 16.0 Å². The van der Waals surface area contributed by atoms with Crippen LogP contribution >= 0.6 is 11.6 Å². The quantitative estimate of drug-likeness (QED) is 0.781. The third-order valence-electron chi connectivity index (χ3n) is 3.67. The Labute approximate surface area is 151 Å². The molecule has 1 heterocycles. The van der Waals surface area contributed by atoms with Crippen LogP contribution in [0.4, 0.5) is 23.0 Å². The third-order valence-corrected chi connectivity index (χ3v) is 4.08. The fraction of sp³-hybridized carbons (Fsp3) is 0.294. The Balaban J connectivity index is 2.33. The summed E-state index contributed by atoms with van der Waals surface area (Å²) in [4.78, 5) is 10.3. The van der Waals surface area contributed by atoms with Crippen LogP contribution in [0.5, 0.6) is 0 Å². The number of hydrogen-bond donors (Lipinski definition) is 2. The van der Waals surface area contributed by atoms with Crippen LogP contribution in [0.1, 0.15) is 18.4 Å². The van der Waals surface area contributed by atoms with Crippen molar-refractivity contribution in [2.75, 3.05) is 29.0 Å². The van der Waals surface area contributed by atoms with Gasteiger partial charge in [-0.1, -0.05) is 17.7 Å². The maximum Gasteiger partial charge on any atom is 0.159 e. The Bertz CT molecular complexity index is 805. The van der Waals surface area contributed by atoms with Gasteiger partial charge in [-0.15, -0.1) is 0 Å². The zero-order valence-electron chi connectivity index (χ0n) is 13.8. The molecule has 0 aliphatic rings. The van der Waals surface area contributed by atoms with Crippen LogP contribution < -0.4 is 16.0 Å².